The van der Waals surface area contributed by atoms with E-state index in [0.717, 1.165) is 22.4 Å². The molecule has 0 aliphatic rings. The first-order chi connectivity index (χ1) is 13.5. The van der Waals surface area contributed by atoms with Crippen LogP contribution >= 0.6 is 11.6 Å². The highest BCUT2D eigenvalue weighted by Crippen LogP contribution is 2.30. The Balaban J connectivity index is 1.75. The number of aliphatic hydroxyl groups is 1. The molecule has 0 radical (unpaired) electrons. The minimum absolute atomic E-state index is 0.163. The topological polar surface area (TPSA) is 96.1 Å². The van der Waals surface area contributed by atoms with Gasteiger partial charge in [0.2, 0.25) is 0 Å². The van der Waals surface area contributed by atoms with Crippen LogP contribution in [0.4, 0.5) is 15.9 Å². The summed E-state index contributed by atoms with van der Waals surface area (Å²) >= 11 is 6.31. The maximum absolute atomic E-state index is 13.3. The van der Waals surface area contributed by atoms with Crippen molar-refractivity contribution in [2.75, 3.05) is 23.7 Å². The average Bonchev–Trinajstić information content (AvgIpc) is 2.71. The molecule has 0 bridgehead atoms. The molecule has 6 nitrogen and oxygen atoms in total. The average molecular weight is 402 g/mol. The van der Waals surface area contributed by atoms with E-state index in [2.05, 4.69) is 20.6 Å². The minimum Gasteiger partial charge on any atom is -0.390 e. The number of aliphatic hydroxyl groups excluding tert-OH is 1. The van der Waals surface area contributed by atoms with Crippen molar-refractivity contribution in [1.82, 2.24) is 9.97 Å². The predicted molar refractivity (Wildman–Crippen MR) is 110 cm³/mol. The first kappa shape index (κ1) is 20.0. The Kier molecular flexibility index (Phi) is 6.76. The number of halogens is 2. The molecule has 0 fully saturated rings. The first-order valence-electron chi connectivity index (χ1n) is 8.76. The number of benzene rings is 1. The molecule has 8 heteroatoms. The monoisotopic (exact) mass is 401 g/mol. The van der Waals surface area contributed by atoms with Gasteiger partial charge in [-0.25, -0.2) is 9.37 Å². The van der Waals surface area contributed by atoms with Gasteiger partial charge in [0, 0.05) is 49.4 Å². The van der Waals surface area contributed by atoms with Crippen LogP contribution in [0.5, 0.6) is 0 Å². The Morgan fingerprint density at radius 1 is 1.14 bits per heavy atom. The van der Waals surface area contributed by atoms with E-state index in [9.17, 15) is 9.50 Å². The smallest absolute Gasteiger partial charge is 0.126 e. The van der Waals surface area contributed by atoms with E-state index in [0.29, 0.717) is 17.4 Å². The summed E-state index contributed by atoms with van der Waals surface area (Å²) in [5.74, 6) is 0.305. The van der Waals surface area contributed by atoms with Crippen LogP contribution in [0, 0.1) is 5.82 Å². The quantitative estimate of drug-likeness (QED) is 0.462. The number of nitrogens with one attached hydrogen (secondary N) is 2. The molecule has 0 aliphatic carbocycles. The van der Waals surface area contributed by atoms with Gasteiger partial charge >= 0.3 is 0 Å². The summed E-state index contributed by atoms with van der Waals surface area (Å²) in [4.78, 5) is 8.47. The van der Waals surface area contributed by atoms with E-state index in [1.165, 1.54) is 12.1 Å². The standard InChI is InChI=1S/C20H21ClFN5O/c21-19-12-27-20(26-11-17(28)7-23)6-18(19)14-5-16(10-24-9-14)25-8-13-2-1-3-15(22)4-13/h1-6,9-10,12,17,25,28H,7-8,11,23H2,(H,26,27). The number of nitrogens with zero attached hydrogens (tertiary/aromatic N) is 2. The summed E-state index contributed by atoms with van der Waals surface area (Å²) in [6.07, 6.45) is 4.28. The van der Waals surface area contributed by atoms with E-state index in [4.69, 9.17) is 17.3 Å². The maximum atomic E-state index is 13.3. The van der Waals surface area contributed by atoms with Crippen molar-refractivity contribution in [3.8, 4) is 11.1 Å². The Labute approximate surface area is 167 Å². The van der Waals surface area contributed by atoms with Crippen LogP contribution in [0.15, 0.2) is 55.0 Å². The number of rotatable bonds is 8. The molecule has 0 amide bonds. The normalized spacial score (nSPS) is 11.9. The van der Waals surface area contributed by atoms with Crippen LogP contribution < -0.4 is 16.4 Å². The third kappa shape index (κ3) is 5.39. The van der Waals surface area contributed by atoms with Crippen molar-refractivity contribution in [2.24, 2.45) is 5.73 Å². The molecule has 3 rings (SSSR count). The molecule has 3 aromatic rings. The van der Waals surface area contributed by atoms with Gasteiger partial charge in [-0.05, 0) is 29.8 Å². The van der Waals surface area contributed by atoms with Gasteiger partial charge in [-0.3, -0.25) is 4.98 Å². The largest absolute Gasteiger partial charge is 0.390 e. The Bertz CT molecular complexity index is 940. The summed E-state index contributed by atoms with van der Waals surface area (Å²) in [5, 5.41) is 16.3. The molecular formula is C20H21ClFN5O. The van der Waals surface area contributed by atoms with Crippen LogP contribution in [0.2, 0.25) is 5.02 Å². The number of aromatic nitrogens is 2. The second kappa shape index (κ2) is 9.45. The van der Waals surface area contributed by atoms with Crippen molar-refractivity contribution in [3.05, 3.63) is 71.4 Å². The third-order valence-corrected chi connectivity index (χ3v) is 4.38. The molecule has 0 aliphatic heterocycles. The molecule has 2 aromatic heterocycles. The van der Waals surface area contributed by atoms with Crippen molar-refractivity contribution in [1.29, 1.82) is 0 Å². The summed E-state index contributed by atoms with van der Waals surface area (Å²) < 4.78 is 13.3. The Morgan fingerprint density at radius 3 is 2.79 bits per heavy atom. The maximum Gasteiger partial charge on any atom is 0.126 e. The lowest BCUT2D eigenvalue weighted by Crippen LogP contribution is -2.28. The number of anilines is 2. The number of hydrogen-bond acceptors (Lipinski definition) is 6. The fourth-order valence-corrected chi connectivity index (χ4v) is 2.81. The van der Waals surface area contributed by atoms with Crippen LogP contribution in [0.1, 0.15) is 5.56 Å². The van der Waals surface area contributed by atoms with E-state index < -0.39 is 6.10 Å². The van der Waals surface area contributed by atoms with Crippen molar-refractivity contribution in [3.63, 3.8) is 0 Å². The molecule has 28 heavy (non-hydrogen) atoms. The zero-order valence-electron chi connectivity index (χ0n) is 15.1. The highest BCUT2D eigenvalue weighted by Gasteiger charge is 2.09. The van der Waals surface area contributed by atoms with Crippen molar-refractivity contribution < 1.29 is 9.50 Å². The lowest BCUT2D eigenvalue weighted by molar-refractivity contribution is 0.196. The second-order valence-electron chi connectivity index (χ2n) is 6.27. The van der Waals surface area contributed by atoms with Crippen molar-refractivity contribution in [2.45, 2.75) is 12.6 Å². The van der Waals surface area contributed by atoms with E-state index in [1.807, 2.05) is 12.1 Å². The summed E-state index contributed by atoms with van der Waals surface area (Å²) in [5.41, 5.74) is 8.58. The van der Waals surface area contributed by atoms with Gasteiger partial charge in [0.15, 0.2) is 0 Å². The lowest BCUT2D eigenvalue weighted by atomic mass is 10.1. The highest BCUT2D eigenvalue weighted by molar-refractivity contribution is 6.33. The molecule has 2 heterocycles. The molecular weight excluding hydrogens is 381 g/mol. The third-order valence-electron chi connectivity index (χ3n) is 4.08. The van der Waals surface area contributed by atoms with E-state index in [-0.39, 0.29) is 18.9 Å². The van der Waals surface area contributed by atoms with Gasteiger partial charge in [0.25, 0.3) is 0 Å². The zero-order chi connectivity index (χ0) is 19.9. The van der Waals surface area contributed by atoms with Gasteiger partial charge in [-0.1, -0.05) is 23.7 Å². The fraction of sp³-hybridized carbons (Fsp3) is 0.200. The summed E-state index contributed by atoms with van der Waals surface area (Å²) in [7, 11) is 0. The van der Waals surface area contributed by atoms with Crippen LogP contribution in [0.25, 0.3) is 11.1 Å². The Morgan fingerprint density at radius 2 is 2.00 bits per heavy atom. The van der Waals surface area contributed by atoms with Crippen LogP contribution in [0.3, 0.4) is 0 Å². The SMILES string of the molecule is NCC(O)CNc1cc(-c2cncc(NCc3cccc(F)c3)c2)c(Cl)cn1. The number of nitrogens with two attached hydrogens (primary N) is 1. The van der Waals surface area contributed by atoms with Gasteiger partial charge in [0.1, 0.15) is 11.6 Å². The molecule has 146 valence electrons. The molecule has 0 saturated heterocycles. The minimum atomic E-state index is -0.655. The Hall–Kier alpha value is -2.74. The molecule has 1 unspecified atom stereocenters. The number of hydrogen-bond donors (Lipinski definition) is 4. The van der Waals surface area contributed by atoms with E-state index >= 15 is 0 Å². The molecule has 0 saturated carbocycles. The molecule has 1 aromatic carbocycles. The van der Waals surface area contributed by atoms with Gasteiger partial charge in [-0.15, -0.1) is 0 Å². The van der Waals surface area contributed by atoms with Crippen LogP contribution in [-0.2, 0) is 6.54 Å². The van der Waals surface area contributed by atoms with Crippen molar-refractivity contribution >= 4 is 23.1 Å². The van der Waals surface area contributed by atoms with Crippen LogP contribution in [-0.4, -0.2) is 34.3 Å². The zero-order valence-corrected chi connectivity index (χ0v) is 15.8. The lowest BCUT2D eigenvalue weighted by Gasteiger charge is -2.13. The molecule has 5 N–H and O–H groups in total. The molecule has 0 spiro atoms. The summed E-state index contributed by atoms with van der Waals surface area (Å²) in [6.45, 7) is 0.922. The number of pyridine rings is 2. The van der Waals surface area contributed by atoms with Gasteiger partial charge in [-0.2, -0.15) is 0 Å². The summed E-state index contributed by atoms with van der Waals surface area (Å²) in [6, 6.07) is 10.1. The van der Waals surface area contributed by atoms with Gasteiger partial charge < -0.3 is 21.5 Å². The predicted octanol–water partition coefficient (Wildman–Crippen LogP) is 3.28. The highest BCUT2D eigenvalue weighted by atomic mass is 35.5. The molecule has 1 atom stereocenters. The fourth-order valence-electron chi connectivity index (χ4n) is 2.60. The first-order valence-corrected chi connectivity index (χ1v) is 9.14. The van der Waals surface area contributed by atoms with Gasteiger partial charge in [0.05, 0.1) is 16.8 Å². The second-order valence-corrected chi connectivity index (χ2v) is 6.67. The van der Waals surface area contributed by atoms with E-state index in [1.54, 1.807) is 30.7 Å².